The third kappa shape index (κ3) is 3.33. The molecular weight excluding hydrogens is 225 g/mol. The second kappa shape index (κ2) is 4.34. The van der Waals surface area contributed by atoms with Crippen LogP contribution >= 0.6 is 23.2 Å². The minimum atomic E-state index is -1.03. The Hall–Kier alpha value is -0.510. The highest BCUT2D eigenvalue weighted by Crippen LogP contribution is 2.33. The molecule has 5 heteroatoms. The molecule has 0 saturated carbocycles. The zero-order valence-electron chi connectivity index (χ0n) is 7.41. The van der Waals surface area contributed by atoms with Crippen LogP contribution in [0.15, 0.2) is 23.8 Å². The summed E-state index contributed by atoms with van der Waals surface area (Å²) < 4.78 is -0.928. The van der Waals surface area contributed by atoms with E-state index in [1.54, 1.807) is 12.2 Å². The summed E-state index contributed by atoms with van der Waals surface area (Å²) in [5, 5.41) is 8.60. The number of alkyl halides is 2. The monoisotopic (exact) mass is 235 g/mol. The van der Waals surface area contributed by atoms with Gasteiger partial charge in [-0.3, -0.25) is 4.79 Å². The molecule has 1 atom stereocenters. The van der Waals surface area contributed by atoms with Gasteiger partial charge in [-0.25, -0.2) is 0 Å². The number of aliphatic carboxylic acids is 1. The Bertz CT molecular complexity index is 297. The third-order valence-electron chi connectivity index (χ3n) is 1.89. The lowest BCUT2D eigenvalue weighted by molar-refractivity contribution is -0.138. The normalized spacial score (nSPS) is 21.5. The summed E-state index contributed by atoms with van der Waals surface area (Å²) in [7, 11) is 0. The van der Waals surface area contributed by atoms with Crippen molar-refractivity contribution >= 4 is 29.2 Å². The smallest absolute Gasteiger partial charge is 0.320 e. The first-order valence-electron chi connectivity index (χ1n) is 4.15. The first-order chi connectivity index (χ1) is 6.41. The van der Waals surface area contributed by atoms with E-state index in [-0.39, 0.29) is 6.42 Å². The van der Waals surface area contributed by atoms with Crippen molar-refractivity contribution in [2.45, 2.75) is 23.2 Å². The summed E-state index contributed by atoms with van der Waals surface area (Å²) in [4.78, 5) is 10.5. The predicted molar refractivity (Wildman–Crippen MR) is 56.5 cm³/mol. The number of rotatable bonds is 3. The van der Waals surface area contributed by atoms with Crippen molar-refractivity contribution in [3.63, 3.8) is 0 Å². The van der Waals surface area contributed by atoms with Gasteiger partial charge in [-0.1, -0.05) is 35.4 Å². The Morgan fingerprint density at radius 2 is 2.36 bits per heavy atom. The van der Waals surface area contributed by atoms with Crippen LogP contribution in [0.25, 0.3) is 0 Å². The topological polar surface area (TPSA) is 63.3 Å². The maximum Gasteiger partial charge on any atom is 0.320 e. The highest BCUT2D eigenvalue weighted by Gasteiger charge is 2.24. The number of carboxylic acid groups (broad SMARTS) is 1. The van der Waals surface area contributed by atoms with Gasteiger partial charge in [-0.05, 0) is 18.1 Å². The number of carboxylic acids is 1. The summed E-state index contributed by atoms with van der Waals surface area (Å²) in [6.45, 7) is 0. The Labute approximate surface area is 92.2 Å². The largest absolute Gasteiger partial charge is 0.480 e. The van der Waals surface area contributed by atoms with E-state index in [2.05, 4.69) is 0 Å². The number of allylic oxidation sites excluding steroid dienone is 3. The van der Waals surface area contributed by atoms with Gasteiger partial charge in [0, 0.05) is 6.42 Å². The molecular formula is C9H11Cl2NO2. The number of nitrogens with two attached hydrogens (primary N) is 1. The van der Waals surface area contributed by atoms with Crippen molar-refractivity contribution in [1.82, 2.24) is 0 Å². The summed E-state index contributed by atoms with van der Waals surface area (Å²) in [6, 6.07) is -0.909. The molecule has 3 nitrogen and oxygen atoms in total. The average molecular weight is 236 g/mol. The third-order valence-corrected chi connectivity index (χ3v) is 2.42. The number of halogens is 2. The van der Waals surface area contributed by atoms with Gasteiger partial charge in [-0.2, -0.15) is 0 Å². The van der Waals surface area contributed by atoms with Gasteiger partial charge in [0.05, 0.1) is 0 Å². The van der Waals surface area contributed by atoms with Crippen LogP contribution in [0.5, 0.6) is 0 Å². The molecule has 0 radical (unpaired) electrons. The highest BCUT2D eigenvalue weighted by atomic mass is 35.5. The molecule has 0 fully saturated rings. The van der Waals surface area contributed by atoms with Crippen molar-refractivity contribution in [3.8, 4) is 0 Å². The van der Waals surface area contributed by atoms with Crippen LogP contribution in [0.4, 0.5) is 0 Å². The second-order valence-electron chi connectivity index (χ2n) is 3.24. The molecule has 0 amide bonds. The quantitative estimate of drug-likeness (QED) is 0.735. The standard InChI is InChI=1S/C9H11Cl2NO2/c10-9(11)3-1-2-6(5-9)4-7(12)8(13)14/h1-2,5,7H,3-4,12H2,(H,13,14)/t7-/m0/s1. The molecule has 0 aromatic heterocycles. The first-order valence-corrected chi connectivity index (χ1v) is 4.91. The maximum absolute atomic E-state index is 10.5. The summed E-state index contributed by atoms with van der Waals surface area (Å²) in [5.41, 5.74) is 6.14. The van der Waals surface area contributed by atoms with E-state index in [0.29, 0.717) is 6.42 Å². The van der Waals surface area contributed by atoms with E-state index >= 15 is 0 Å². The van der Waals surface area contributed by atoms with Gasteiger partial charge in [0.2, 0.25) is 0 Å². The van der Waals surface area contributed by atoms with E-state index in [1.165, 1.54) is 0 Å². The van der Waals surface area contributed by atoms with Gasteiger partial charge < -0.3 is 10.8 Å². The molecule has 0 aliphatic heterocycles. The van der Waals surface area contributed by atoms with Crippen LogP contribution in [0.2, 0.25) is 0 Å². The van der Waals surface area contributed by atoms with Crippen LogP contribution < -0.4 is 5.73 Å². The van der Waals surface area contributed by atoms with E-state index in [4.69, 9.17) is 34.0 Å². The van der Waals surface area contributed by atoms with Gasteiger partial charge in [0.1, 0.15) is 10.4 Å². The van der Waals surface area contributed by atoms with Crippen molar-refractivity contribution in [2.24, 2.45) is 5.73 Å². The van der Waals surface area contributed by atoms with E-state index in [1.807, 2.05) is 6.08 Å². The van der Waals surface area contributed by atoms with Crippen molar-refractivity contribution in [3.05, 3.63) is 23.8 Å². The predicted octanol–water partition coefficient (Wildman–Crippen LogP) is 1.85. The van der Waals surface area contributed by atoms with Gasteiger partial charge in [0.25, 0.3) is 0 Å². The van der Waals surface area contributed by atoms with Crippen molar-refractivity contribution in [2.75, 3.05) is 0 Å². The maximum atomic E-state index is 10.5. The van der Waals surface area contributed by atoms with Crippen LogP contribution in [-0.2, 0) is 4.79 Å². The minimum absolute atomic E-state index is 0.243. The molecule has 1 aliphatic rings. The SMILES string of the molecule is N[C@@H](CC1=CC(Cl)(Cl)CC=C1)C(=O)O. The molecule has 0 unspecified atom stereocenters. The number of hydrogen-bond donors (Lipinski definition) is 2. The highest BCUT2D eigenvalue weighted by molar-refractivity contribution is 6.50. The molecule has 0 aromatic rings. The van der Waals surface area contributed by atoms with Gasteiger partial charge in [0.15, 0.2) is 0 Å². The van der Waals surface area contributed by atoms with Gasteiger partial charge >= 0.3 is 5.97 Å². The molecule has 0 heterocycles. The van der Waals surface area contributed by atoms with Crippen LogP contribution in [-0.4, -0.2) is 21.5 Å². The minimum Gasteiger partial charge on any atom is -0.480 e. The molecule has 0 aromatic carbocycles. The Kier molecular flexibility index (Phi) is 3.59. The van der Waals surface area contributed by atoms with E-state index in [0.717, 1.165) is 5.57 Å². The summed E-state index contributed by atoms with van der Waals surface area (Å²) >= 11 is 11.8. The summed E-state index contributed by atoms with van der Waals surface area (Å²) in [5.74, 6) is -1.03. The lowest BCUT2D eigenvalue weighted by atomic mass is 10.00. The van der Waals surface area contributed by atoms with E-state index in [9.17, 15) is 4.79 Å². The van der Waals surface area contributed by atoms with Crippen LogP contribution in [0.3, 0.4) is 0 Å². The molecule has 1 aliphatic carbocycles. The first kappa shape index (κ1) is 11.6. The number of hydrogen-bond acceptors (Lipinski definition) is 2. The fraction of sp³-hybridized carbons (Fsp3) is 0.444. The van der Waals surface area contributed by atoms with Crippen LogP contribution in [0, 0.1) is 0 Å². The molecule has 3 N–H and O–H groups in total. The molecule has 0 bridgehead atoms. The van der Waals surface area contributed by atoms with Gasteiger partial charge in [-0.15, -0.1) is 0 Å². The Morgan fingerprint density at radius 1 is 1.71 bits per heavy atom. The lowest BCUT2D eigenvalue weighted by Gasteiger charge is -2.19. The average Bonchev–Trinajstić information content (AvgIpc) is 2.01. The zero-order chi connectivity index (χ0) is 10.8. The molecule has 78 valence electrons. The molecule has 0 saturated heterocycles. The Balaban J connectivity index is 2.65. The van der Waals surface area contributed by atoms with Crippen molar-refractivity contribution < 1.29 is 9.90 Å². The molecule has 1 rings (SSSR count). The van der Waals surface area contributed by atoms with Crippen LogP contribution in [0.1, 0.15) is 12.8 Å². The fourth-order valence-corrected chi connectivity index (χ4v) is 1.67. The van der Waals surface area contributed by atoms with E-state index < -0.39 is 16.3 Å². The molecule has 0 spiro atoms. The fourth-order valence-electron chi connectivity index (χ4n) is 1.21. The summed E-state index contributed by atoms with van der Waals surface area (Å²) in [6.07, 6.45) is 6.02. The zero-order valence-corrected chi connectivity index (χ0v) is 8.92. The lowest BCUT2D eigenvalue weighted by Crippen LogP contribution is -2.30. The second-order valence-corrected chi connectivity index (χ2v) is 4.78. The number of carbonyl (C=O) groups is 1. The Morgan fingerprint density at radius 3 is 2.86 bits per heavy atom. The van der Waals surface area contributed by atoms with Crippen molar-refractivity contribution in [1.29, 1.82) is 0 Å². The molecule has 14 heavy (non-hydrogen) atoms.